The quantitative estimate of drug-likeness (QED) is 0.877. The summed E-state index contributed by atoms with van der Waals surface area (Å²) < 4.78 is 0. The van der Waals surface area contributed by atoms with Crippen molar-refractivity contribution in [2.75, 3.05) is 0 Å². The van der Waals surface area contributed by atoms with Crippen molar-refractivity contribution in [3.8, 4) is 0 Å². The second-order valence-electron chi connectivity index (χ2n) is 4.55. The number of fused-ring (bicyclic) bond motifs is 1. The number of benzene rings is 1. The lowest BCUT2D eigenvalue weighted by atomic mass is 9.98. The van der Waals surface area contributed by atoms with Crippen molar-refractivity contribution in [2.45, 2.75) is 25.2 Å². The first-order valence-electron chi connectivity index (χ1n) is 5.84. The molecule has 1 saturated carbocycles. The number of hydrogen-bond donors (Lipinski definition) is 1. The fraction of sp³-hybridized carbons (Fsp3) is 0.286. The SMILES string of the molecule is O=C(O)Cc1c(C2CC2)cnc2ccccc12. The highest BCUT2D eigenvalue weighted by atomic mass is 16.4. The predicted molar refractivity (Wildman–Crippen MR) is 65.1 cm³/mol. The molecule has 1 fully saturated rings. The molecule has 3 nitrogen and oxygen atoms in total. The van der Waals surface area contributed by atoms with Crippen molar-refractivity contribution in [2.24, 2.45) is 0 Å². The average molecular weight is 227 g/mol. The number of nitrogens with zero attached hydrogens (tertiary/aromatic N) is 1. The van der Waals surface area contributed by atoms with E-state index in [9.17, 15) is 4.79 Å². The van der Waals surface area contributed by atoms with E-state index >= 15 is 0 Å². The fourth-order valence-electron chi connectivity index (χ4n) is 2.31. The Hall–Kier alpha value is -1.90. The van der Waals surface area contributed by atoms with Crippen LogP contribution in [0.3, 0.4) is 0 Å². The van der Waals surface area contributed by atoms with E-state index in [0.29, 0.717) is 5.92 Å². The maximum Gasteiger partial charge on any atom is 0.307 e. The third-order valence-corrected chi connectivity index (χ3v) is 3.27. The number of carbonyl (C=O) groups is 1. The summed E-state index contributed by atoms with van der Waals surface area (Å²) in [5.74, 6) is -0.246. The first kappa shape index (κ1) is 10.3. The Kier molecular flexibility index (Phi) is 2.32. The molecule has 0 saturated heterocycles. The third kappa shape index (κ3) is 1.88. The van der Waals surface area contributed by atoms with Crippen LogP contribution in [-0.2, 0) is 11.2 Å². The van der Waals surface area contributed by atoms with E-state index in [-0.39, 0.29) is 6.42 Å². The molecule has 1 aliphatic carbocycles. The Bertz CT molecular complexity index is 588. The van der Waals surface area contributed by atoms with Crippen molar-refractivity contribution in [3.63, 3.8) is 0 Å². The molecule has 0 unspecified atom stereocenters. The lowest BCUT2D eigenvalue weighted by molar-refractivity contribution is -0.136. The smallest absolute Gasteiger partial charge is 0.307 e. The summed E-state index contributed by atoms with van der Waals surface area (Å²) >= 11 is 0. The number of aliphatic carboxylic acids is 1. The van der Waals surface area contributed by atoms with Crippen LogP contribution in [0, 0.1) is 0 Å². The first-order valence-corrected chi connectivity index (χ1v) is 5.84. The van der Waals surface area contributed by atoms with Crippen LogP contribution in [0.15, 0.2) is 30.5 Å². The van der Waals surface area contributed by atoms with E-state index in [1.165, 1.54) is 0 Å². The molecule has 2 aromatic rings. The minimum atomic E-state index is -0.775. The van der Waals surface area contributed by atoms with Gasteiger partial charge in [-0.2, -0.15) is 0 Å². The minimum Gasteiger partial charge on any atom is -0.481 e. The summed E-state index contributed by atoms with van der Waals surface area (Å²) in [7, 11) is 0. The van der Waals surface area contributed by atoms with Crippen LogP contribution < -0.4 is 0 Å². The zero-order chi connectivity index (χ0) is 11.8. The van der Waals surface area contributed by atoms with Gasteiger partial charge in [-0.05, 0) is 36.0 Å². The molecule has 3 heteroatoms. The van der Waals surface area contributed by atoms with Gasteiger partial charge in [0.05, 0.1) is 11.9 Å². The molecule has 3 rings (SSSR count). The van der Waals surface area contributed by atoms with Crippen LogP contribution >= 0.6 is 0 Å². The highest BCUT2D eigenvalue weighted by Gasteiger charge is 2.27. The van der Waals surface area contributed by atoms with Gasteiger partial charge < -0.3 is 5.11 Å². The van der Waals surface area contributed by atoms with Crippen molar-refractivity contribution >= 4 is 16.9 Å². The first-order chi connectivity index (χ1) is 8.25. The molecule has 17 heavy (non-hydrogen) atoms. The summed E-state index contributed by atoms with van der Waals surface area (Å²) in [6.07, 6.45) is 4.27. The number of carboxylic acids is 1. The van der Waals surface area contributed by atoms with E-state index in [4.69, 9.17) is 5.11 Å². The maximum atomic E-state index is 11.0. The van der Waals surface area contributed by atoms with Crippen LogP contribution in [0.2, 0.25) is 0 Å². The molecule has 1 aromatic heterocycles. The number of para-hydroxylation sites is 1. The predicted octanol–water partition coefficient (Wildman–Crippen LogP) is 2.74. The van der Waals surface area contributed by atoms with Crippen molar-refractivity contribution in [1.82, 2.24) is 4.98 Å². The van der Waals surface area contributed by atoms with E-state index in [1.807, 2.05) is 30.5 Å². The van der Waals surface area contributed by atoms with Gasteiger partial charge >= 0.3 is 5.97 Å². The highest BCUT2D eigenvalue weighted by molar-refractivity contribution is 5.87. The standard InChI is InChI=1S/C14H13NO2/c16-14(17)7-11-10-3-1-2-4-13(10)15-8-12(11)9-5-6-9/h1-4,8-9H,5-7H2,(H,16,17). The number of rotatable bonds is 3. The van der Waals surface area contributed by atoms with Crippen molar-refractivity contribution in [1.29, 1.82) is 0 Å². The van der Waals surface area contributed by atoms with E-state index < -0.39 is 5.97 Å². The number of aromatic nitrogens is 1. The summed E-state index contributed by atoms with van der Waals surface area (Å²) in [6, 6.07) is 7.76. The Balaban J connectivity index is 2.22. The monoisotopic (exact) mass is 227 g/mol. The molecule has 1 N–H and O–H groups in total. The number of pyridine rings is 1. The van der Waals surface area contributed by atoms with Gasteiger partial charge in [0.25, 0.3) is 0 Å². The molecule has 0 amide bonds. The number of hydrogen-bond acceptors (Lipinski definition) is 2. The highest BCUT2D eigenvalue weighted by Crippen LogP contribution is 2.42. The third-order valence-electron chi connectivity index (χ3n) is 3.27. The van der Waals surface area contributed by atoms with E-state index in [0.717, 1.165) is 34.9 Å². The second-order valence-corrected chi connectivity index (χ2v) is 4.55. The van der Waals surface area contributed by atoms with Crippen LogP contribution in [0.25, 0.3) is 10.9 Å². The minimum absolute atomic E-state index is 0.0921. The van der Waals surface area contributed by atoms with Gasteiger partial charge in [-0.15, -0.1) is 0 Å². The molecule has 0 spiro atoms. The Morgan fingerprint density at radius 1 is 1.35 bits per heavy atom. The largest absolute Gasteiger partial charge is 0.481 e. The van der Waals surface area contributed by atoms with Crippen LogP contribution in [0.5, 0.6) is 0 Å². The average Bonchev–Trinajstić information content (AvgIpc) is 3.13. The Labute approximate surface area is 99.1 Å². The Morgan fingerprint density at radius 2 is 2.12 bits per heavy atom. The lowest BCUT2D eigenvalue weighted by Crippen LogP contribution is -2.05. The number of carboxylic acid groups (broad SMARTS) is 1. The van der Waals surface area contributed by atoms with Crippen LogP contribution in [0.4, 0.5) is 0 Å². The van der Waals surface area contributed by atoms with E-state index in [1.54, 1.807) is 0 Å². The van der Waals surface area contributed by atoms with Gasteiger partial charge in [0.2, 0.25) is 0 Å². The zero-order valence-corrected chi connectivity index (χ0v) is 9.39. The summed E-state index contributed by atoms with van der Waals surface area (Å²) in [5.41, 5.74) is 2.96. The van der Waals surface area contributed by atoms with Crippen molar-refractivity contribution in [3.05, 3.63) is 41.6 Å². The van der Waals surface area contributed by atoms with Gasteiger partial charge in [0, 0.05) is 11.6 Å². The molecule has 0 atom stereocenters. The fourth-order valence-corrected chi connectivity index (χ4v) is 2.31. The van der Waals surface area contributed by atoms with E-state index in [2.05, 4.69) is 4.98 Å². The van der Waals surface area contributed by atoms with Gasteiger partial charge in [0.1, 0.15) is 0 Å². The maximum absolute atomic E-state index is 11.0. The van der Waals surface area contributed by atoms with Gasteiger partial charge in [-0.25, -0.2) is 0 Å². The lowest BCUT2D eigenvalue weighted by Gasteiger charge is -2.10. The van der Waals surface area contributed by atoms with Gasteiger partial charge in [-0.1, -0.05) is 18.2 Å². The molecular weight excluding hydrogens is 214 g/mol. The Morgan fingerprint density at radius 3 is 2.82 bits per heavy atom. The molecule has 1 aliphatic rings. The zero-order valence-electron chi connectivity index (χ0n) is 9.39. The van der Waals surface area contributed by atoms with Crippen LogP contribution in [-0.4, -0.2) is 16.1 Å². The normalized spacial score (nSPS) is 15.1. The summed E-state index contributed by atoms with van der Waals surface area (Å²) in [4.78, 5) is 15.4. The topological polar surface area (TPSA) is 50.2 Å². The van der Waals surface area contributed by atoms with Gasteiger partial charge in [-0.3, -0.25) is 9.78 Å². The molecule has 0 radical (unpaired) electrons. The van der Waals surface area contributed by atoms with Crippen LogP contribution in [0.1, 0.15) is 29.9 Å². The molecule has 86 valence electrons. The molecule has 1 heterocycles. The summed E-state index contributed by atoms with van der Waals surface area (Å²) in [6.45, 7) is 0. The summed E-state index contributed by atoms with van der Waals surface area (Å²) in [5, 5.41) is 10.0. The van der Waals surface area contributed by atoms with Crippen molar-refractivity contribution < 1.29 is 9.90 Å². The molecule has 0 bridgehead atoms. The molecule has 0 aliphatic heterocycles. The molecule has 1 aromatic carbocycles. The molecular formula is C14H13NO2. The van der Waals surface area contributed by atoms with Gasteiger partial charge in [0.15, 0.2) is 0 Å². The second kappa shape index (κ2) is 3.84.